The molecule has 0 atom stereocenters. The molecule has 0 radical (unpaired) electrons. The van der Waals surface area contributed by atoms with Crippen LogP contribution in [0.3, 0.4) is 0 Å². The fourth-order valence-corrected chi connectivity index (χ4v) is 3.02. The fraction of sp³-hybridized carbons (Fsp3) is 0.217. The molecule has 0 saturated heterocycles. The Bertz CT molecular complexity index is 1220. The van der Waals surface area contributed by atoms with Gasteiger partial charge in [0.05, 0.1) is 24.2 Å². The second-order valence-corrected chi connectivity index (χ2v) is 7.34. The smallest absolute Gasteiger partial charge is 0.420 e. The highest BCUT2D eigenvalue weighted by Crippen LogP contribution is 2.38. The lowest BCUT2D eigenvalue weighted by atomic mass is 10.1. The van der Waals surface area contributed by atoms with Crippen LogP contribution in [0.5, 0.6) is 5.75 Å². The summed E-state index contributed by atoms with van der Waals surface area (Å²) in [6.45, 7) is -0.726. The van der Waals surface area contributed by atoms with Crippen LogP contribution in [0.4, 0.5) is 37.7 Å². The number of aromatic nitrogens is 1. The summed E-state index contributed by atoms with van der Waals surface area (Å²) in [5.74, 6) is -1.49. The summed E-state index contributed by atoms with van der Waals surface area (Å²) < 4.78 is 81.9. The topological polar surface area (TPSA) is 83.2 Å². The van der Waals surface area contributed by atoms with Crippen molar-refractivity contribution in [3.8, 4) is 5.75 Å². The van der Waals surface area contributed by atoms with Crippen LogP contribution in [0.25, 0.3) is 0 Å². The Hall–Kier alpha value is -3.96. The molecule has 1 aromatic heterocycles. The van der Waals surface area contributed by atoms with Gasteiger partial charge in [0.1, 0.15) is 5.75 Å². The van der Waals surface area contributed by atoms with Crippen LogP contribution in [0, 0.1) is 0 Å². The third-order valence-corrected chi connectivity index (χ3v) is 4.69. The molecule has 0 aliphatic rings. The first-order valence-electron chi connectivity index (χ1n) is 10.1. The minimum Gasteiger partial charge on any atom is -0.493 e. The molecule has 12 heteroatoms. The fourth-order valence-electron chi connectivity index (χ4n) is 3.02. The van der Waals surface area contributed by atoms with Crippen molar-refractivity contribution in [1.82, 2.24) is 4.98 Å². The molecular formula is C23H19F6N3O3. The van der Waals surface area contributed by atoms with Gasteiger partial charge >= 0.3 is 12.4 Å². The van der Waals surface area contributed by atoms with E-state index in [0.29, 0.717) is 11.8 Å². The quantitative estimate of drug-likeness (QED) is 0.353. The summed E-state index contributed by atoms with van der Waals surface area (Å²) in [6, 6.07) is 11.8. The van der Waals surface area contributed by atoms with Gasteiger partial charge in [-0.2, -0.15) is 26.3 Å². The number of para-hydroxylation sites is 1. The van der Waals surface area contributed by atoms with Crippen LogP contribution in [0.2, 0.25) is 0 Å². The molecule has 186 valence electrons. The predicted octanol–water partition coefficient (Wildman–Crippen LogP) is 5.59. The minimum atomic E-state index is -4.93. The van der Waals surface area contributed by atoms with Crippen molar-refractivity contribution in [2.45, 2.75) is 25.3 Å². The molecule has 0 fully saturated rings. The van der Waals surface area contributed by atoms with Gasteiger partial charge in [0.25, 0.3) is 5.91 Å². The Kier molecular flexibility index (Phi) is 7.72. The number of hydrogen-bond donors (Lipinski definition) is 3. The summed E-state index contributed by atoms with van der Waals surface area (Å²) in [5.41, 5.74) is -0.572. The number of rotatable bonds is 8. The Labute approximate surface area is 194 Å². The Morgan fingerprint density at radius 2 is 1.71 bits per heavy atom. The van der Waals surface area contributed by atoms with E-state index < -0.39 is 42.6 Å². The van der Waals surface area contributed by atoms with Gasteiger partial charge in [0.2, 0.25) is 5.56 Å². The normalized spacial score (nSPS) is 11.7. The predicted molar refractivity (Wildman–Crippen MR) is 116 cm³/mol. The maximum Gasteiger partial charge on any atom is 0.420 e. The number of carbonyl (C=O) groups excluding carboxylic acids is 1. The first-order chi connectivity index (χ1) is 16.4. The number of ether oxygens (including phenoxy) is 1. The number of alkyl halides is 6. The van der Waals surface area contributed by atoms with Crippen LogP contribution in [0.15, 0.2) is 65.6 Å². The number of benzene rings is 2. The zero-order valence-electron chi connectivity index (χ0n) is 17.9. The van der Waals surface area contributed by atoms with Gasteiger partial charge in [-0.15, -0.1) is 0 Å². The standard InChI is InChI=1S/C23H19F6N3O3/c24-22(25,26)9-10-35-19-7-6-15(11-17(19)23(27,28)29)32-21(34)16-3-1-2-4-18(16)30-12-14-5-8-20(33)31-13-14/h1-8,11,13,30H,9-10,12H2,(H,31,33)(H,32,34). The van der Waals surface area contributed by atoms with E-state index in [0.717, 1.165) is 17.7 Å². The SMILES string of the molecule is O=C(Nc1ccc(OCCC(F)(F)F)c(C(F)(F)F)c1)c1ccccc1NCc1ccc(=O)[nH]c1. The van der Waals surface area contributed by atoms with E-state index in [1.54, 1.807) is 24.3 Å². The third-order valence-electron chi connectivity index (χ3n) is 4.69. The highest BCUT2D eigenvalue weighted by atomic mass is 19.4. The molecule has 35 heavy (non-hydrogen) atoms. The molecule has 1 amide bonds. The number of carbonyl (C=O) groups is 1. The summed E-state index contributed by atoms with van der Waals surface area (Å²) in [7, 11) is 0. The number of H-pyrrole nitrogens is 1. The highest BCUT2D eigenvalue weighted by Gasteiger charge is 2.35. The number of amides is 1. The van der Waals surface area contributed by atoms with Crippen LogP contribution >= 0.6 is 0 Å². The van der Waals surface area contributed by atoms with E-state index in [2.05, 4.69) is 15.6 Å². The van der Waals surface area contributed by atoms with Gasteiger partial charge in [0, 0.05) is 30.2 Å². The Morgan fingerprint density at radius 1 is 0.971 bits per heavy atom. The van der Waals surface area contributed by atoms with Crippen molar-refractivity contribution in [3.05, 3.63) is 87.8 Å². The number of aromatic amines is 1. The lowest BCUT2D eigenvalue weighted by Crippen LogP contribution is -2.17. The van der Waals surface area contributed by atoms with Gasteiger partial charge in [-0.1, -0.05) is 18.2 Å². The number of anilines is 2. The lowest BCUT2D eigenvalue weighted by Gasteiger charge is -2.17. The molecule has 1 heterocycles. The van der Waals surface area contributed by atoms with Crippen molar-refractivity contribution in [2.75, 3.05) is 17.2 Å². The highest BCUT2D eigenvalue weighted by molar-refractivity contribution is 6.08. The second-order valence-electron chi connectivity index (χ2n) is 7.34. The van der Waals surface area contributed by atoms with Crippen LogP contribution in [-0.4, -0.2) is 23.7 Å². The zero-order chi connectivity index (χ0) is 25.6. The first kappa shape index (κ1) is 25.7. The molecule has 0 unspecified atom stereocenters. The van der Waals surface area contributed by atoms with Crippen LogP contribution in [0.1, 0.15) is 27.9 Å². The average molecular weight is 499 g/mol. The van der Waals surface area contributed by atoms with Crippen molar-refractivity contribution < 1.29 is 35.9 Å². The largest absolute Gasteiger partial charge is 0.493 e. The molecule has 2 aromatic carbocycles. The van der Waals surface area contributed by atoms with Crippen LogP contribution < -0.4 is 20.9 Å². The molecule has 3 N–H and O–H groups in total. The van der Waals surface area contributed by atoms with Gasteiger partial charge in [-0.05, 0) is 35.9 Å². The minimum absolute atomic E-state index is 0.135. The summed E-state index contributed by atoms with van der Waals surface area (Å²) in [5, 5.41) is 5.38. The monoisotopic (exact) mass is 499 g/mol. The van der Waals surface area contributed by atoms with Crippen LogP contribution in [-0.2, 0) is 12.7 Å². The van der Waals surface area contributed by atoms with Crippen molar-refractivity contribution in [2.24, 2.45) is 0 Å². The Balaban J connectivity index is 1.75. The van der Waals surface area contributed by atoms with E-state index in [-0.39, 0.29) is 23.4 Å². The summed E-state index contributed by atoms with van der Waals surface area (Å²) in [4.78, 5) is 26.5. The van der Waals surface area contributed by atoms with Gasteiger partial charge in [-0.3, -0.25) is 9.59 Å². The van der Waals surface area contributed by atoms with Gasteiger partial charge in [-0.25, -0.2) is 0 Å². The van der Waals surface area contributed by atoms with Gasteiger partial charge in [0.15, 0.2) is 0 Å². The lowest BCUT2D eigenvalue weighted by molar-refractivity contribution is -0.143. The molecule has 0 saturated carbocycles. The molecule has 0 aliphatic heterocycles. The Morgan fingerprint density at radius 3 is 2.37 bits per heavy atom. The molecule has 0 bridgehead atoms. The molecular weight excluding hydrogens is 480 g/mol. The zero-order valence-corrected chi connectivity index (χ0v) is 17.9. The molecule has 6 nitrogen and oxygen atoms in total. The van der Waals surface area contributed by atoms with E-state index in [9.17, 15) is 35.9 Å². The molecule has 0 aliphatic carbocycles. The molecule has 3 rings (SSSR count). The second kappa shape index (κ2) is 10.5. The molecule has 0 spiro atoms. The number of pyridine rings is 1. The number of halogens is 6. The maximum absolute atomic E-state index is 13.5. The van der Waals surface area contributed by atoms with Gasteiger partial charge < -0.3 is 20.4 Å². The van der Waals surface area contributed by atoms with E-state index in [1.807, 2.05) is 0 Å². The van der Waals surface area contributed by atoms with Crippen molar-refractivity contribution in [3.63, 3.8) is 0 Å². The molecule has 3 aromatic rings. The van der Waals surface area contributed by atoms with Crippen molar-refractivity contribution in [1.29, 1.82) is 0 Å². The summed E-state index contributed by atoms with van der Waals surface area (Å²) in [6.07, 6.45) is -9.42. The number of hydrogen-bond acceptors (Lipinski definition) is 4. The third kappa shape index (κ3) is 7.52. The van der Waals surface area contributed by atoms with E-state index >= 15 is 0 Å². The van der Waals surface area contributed by atoms with E-state index in [1.165, 1.54) is 18.3 Å². The van der Waals surface area contributed by atoms with E-state index in [4.69, 9.17) is 4.74 Å². The first-order valence-corrected chi connectivity index (χ1v) is 10.1. The average Bonchev–Trinajstić information content (AvgIpc) is 2.78. The summed E-state index contributed by atoms with van der Waals surface area (Å²) >= 11 is 0. The maximum atomic E-state index is 13.5. The van der Waals surface area contributed by atoms with Crippen molar-refractivity contribution >= 4 is 17.3 Å². The number of nitrogens with one attached hydrogen (secondary N) is 3.